The van der Waals surface area contributed by atoms with Gasteiger partial charge in [-0.25, -0.2) is 0 Å². The van der Waals surface area contributed by atoms with E-state index in [9.17, 15) is 15.0 Å². The fraction of sp³-hybridized carbons (Fsp3) is 0.909. The molecule has 0 spiro atoms. The summed E-state index contributed by atoms with van der Waals surface area (Å²) in [6.45, 7) is 2.76. The maximum Gasteiger partial charge on any atom is 0.314 e. The first-order valence-corrected chi connectivity index (χ1v) is 5.84. The summed E-state index contributed by atoms with van der Waals surface area (Å²) in [5.41, 5.74) is -2.15. The standard InChI is InChI=1S/C11H17NO4/c13-9(14)11(10(15)6-16-7-10)5-12-3-1-8(11)2-4-12/h8,15H,1-7H2,(H,13,14). The van der Waals surface area contributed by atoms with Crippen molar-refractivity contribution in [2.45, 2.75) is 18.4 Å². The molecule has 16 heavy (non-hydrogen) atoms. The van der Waals surface area contributed by atoms with Crippen molar-refractivity contribution in [2.24, 2.45) is 11.3 Å². The summed E-state index contributed by atoms with van der Waals surface area (Å²) >= 11 is 0. The molecule has 2 N–H and O–H groups in total. The van der Waals surface area contributed by atoms with Gasteiger partial charge in [-0.05, 0) is 31.8 Å². The predicted octanol–water partition coefficient (Wildman–Crippen LogP) is -0.456. The number of carboxylic acid groups (broad SMARTS) is 1. The summed E-state index contributed by atoms with van der Waals surface area (Å²) in [6, 6.07) is 0. The highest BCUT2D eigenvalue weighted by atomic mass is 16.5. The highest BCUT2D eigenvalue weighted by Crippen LogP contribution is 2.51. The average Bonchev–Trinajstić information content (AvgIpc) is 2.26. The second-order valence-corrected chi connectivity index (χ2v) is 5.35. The van der Waals surface area contributed by atoms with Crippen molar-refractivity contribution in [1.82, 2.24) is 4.90 Å². The van der Waals surface area contributed by atoms with Crippen LogP contribution in [-0.4, -0.2) is 59.5 Å². The van der Waals surface area contributed by atoms with E-state index in [1.54, 1.807) is 0 Å². The second-order valence-electron chi connectivity index (χ2n) is 5.35. The van der Waals surface area contributed by atoms with Crippen molar-refractivity contribution in [1.29, 1.82) is 0 Å². The van der Waals surface area contributed by atoms with Crippen LogP contribution in [0.3, 0.4) is 0 Å². The highest BCUT2D eigenvalue weighted by Gasteiger charge is 2.66. The number of aliphatic hydroxyl groups is 1. The van der Waals surface area contributed by atoms with Crippen LogP contribution in [0, 0.1) is 11.3 Å². The maximum absolute atomic E-state index is 11.7. The van der Waals surface area contributed by atoms with Crippen LogP contribution in [0.1, 0.15) is 12.8 Å². The van der Waals surface area contributed by atoms with Gasteiger partial charge in [0.05, 0.1) is 13.2 Å². The molecule has 2 bridgehead atoms. The molecule has 5 heteroatoms. The molecule has 1 atom stereocenters. The smallest absolute Gasteiger partial charge is 0.314 e. The number of ether oxygens (including phenoxy) is 1. The number of carboxylic acids is 1. The Morgan fingerprint density at radius 1 is 1.31 bits per heavy atom. The fourth-order valence-corrected chi connectivity index (χ4v) is 3.59. The van der Waals surface area contributed by atoms with Gasteiger partial charge in [-0.2, -0.15) is 0 Å². The number of hydrogen-bond acceptors (Lipinski definition) is 4. The first-order chi connectivity index (χ1) is 7.58. The van der Waals surface area contributed by atoms with E-state index >= 15 is 0 Å². The Morgan fingerprint density at radius 3 is 2.25 bits per heavy atom. The topological polar surface area (TPSA) is 70.0 Å². The Kier molecular flexibility index (Phi) is 2.09. The van der Waals surface area contributed by atoms with Crippen LogP contribution in [0.4, 0.5) is 0 Å². The van der Waals surface area contributed by atoms with Crippen LogP contribution in [-0.2, 0) is 9.53 Å². The zero-order chi connectivity index (χ0) is 11.4. The molecule has 4 rings (SSSR count). The lowest BCUT2D eigenvalue weighted by Crippen LogP contribution is -2.74. The Hall–Kier alpha value is -0.650. The summed E-state index contributed by atoms with van der Waals surface area (Å²) in [5.74, 6) is -0.753. The van der Waals surface area contributed by atoms with Gasteiger partial charge < -0.3 is 19.8 Å². The van der Waals surface area contributed by atoms with Gasteiger partial charge in [-0.1, -0.05) is 0 Å². The molecule has 0 amide bonds. The number of hydrogen-bond donors (Lipinski definition) is 2. The molecule has 4 aliphatic heterocycles. The highest BCUT2D eigenvalue weighted by molar-refractivity contribution is 5.78. The van der Waals surface area contributed by atoms with E-state index in [1.807, 2.05) is 0 Å². The van der Waals surface area contributed by atoms with Crippen LogP contribution in [0.5, 0.6) is 0 Å². The lowest BCUT2D eigenvalue weighted by Gasteiger charge is -2.59. The summed E-state index contributed by atoms with van der Waals surface area (Å²) in [6.07, 6.45) is 1.77. The average molecular weight is 227 g/mol. The third kappa shape index (κ3) is 1.08. The van der Waals surface area contributed by atoms with E-state index in [0.717, 1.165) is 25.9 Å². The van der Waals surface area contributed by atoms with Crippen LogP contribution in [0.15, 0.2) is 0 Å². The second kappa shape index (κ2) is 3.18. The Bertz CT molecular complexity index is 320. The predicted molar refractivity (Wildman–Crippen MR) is 55.0 cm³/mol. The van der Waals surface area contributed by atoms with Gasteiger partial charge >= 0.3 is 5.97 Å². The molecule has 0 saturated carbocycles. The molecule has 0 aromatic heterocycles. The zero-order valence-corrected chi connectivity index (χ0v) is 9.19. The first-order valence-electron chi connectivity index (χ1n) is 5.84. The molecule has 4 aliphatic rings. The third-order valence-electron chi connectivity index (χ3n) is 4.65. The van der Waals surface area contributed by atoms with Crippen molar-refractivity contribution in [3.05, 3.63) is 0 Å². The number of nitrogens with zero attached hydrogens (tertiary/aromatic N) is 1. The summed E-state index contributed by atoms with van der Waals surface area (Å²) in [7, 11) is 0. The molecule has 0 aliphatic carbocycles. The van der Waals surface area contributed by atoms with Gasteiger partial charge in [-0.3, -0.25) is 4.79 Å². The van der Waals surface area contributed by atoms with Crippen molar-refractivity contribution in [2.75, 3.05) is 32.8 Å². The van der Waals surface area contributed by atoms with E-state index in [0.29, 0.717) is 6.54 Å². The molecular weight excluding hydrogens is 210 g/mol. The first kappa shape index (κ1) is 10.5. The minimum atomic E-state index is -1.15. The van der Waals surface area contributed by atoms with Crippen LogP contribution >= 0.6 is 0 Å². The normalized spacial score (nSPS) is 45.1. The monoisotopic (exact) mass is 227 g/mol. The van der Waals surface area contributed by atoms with E-state index in [1.165, 1.54) is 0 Å². The summed E-state index contributed by atoms with van der Waals surface area (Å²) in [4.78, 5) is 13.8. The Morgan fingerprint density at radius 2 is 1.94 bits per heavy atom. The van der Waals surface area contributed by atoms with Gasteiger partial charge in [0, 0.05) is 6.54 Å². The Balaban J connectivity index is 2.00. The molecule has 90 valence electrons. The Labute approximate surface area is 94.0 Å². The van der Waals surface area contributed by atoms with E-state index in [2.05, 4.69) is 4.90 Å². The minimum Gasteiger partial charge on any atom is -0.481 e. The maximum atomic E-state index is 11.7. The van der Waals surface area contributed by atoms with Crippen molar-refractivity contribution in [3.63, 3.8) is 0 Å². The number of aliphatic carboxylic acids is 1. The van der Waals surface area contributed by atoms with Gasteiger partial charge in [-0.15, -0.1) is 0 Å². The SMILES string of the molecule is O=C(O)C1(C2(O)COC2)CN2CCC1CC2. The van der Waals surface area contributed by atoms with Gasteiger partial charge in [0.25, 0.3) is 0 Å². The molecule has 0 aromatic rings. The largest absolute Gasteiger partial charge is 0.481 e. The molecule has 1 unspecified atom stereocenters. The number of fused-ring (bicyclic) bond motifs is 3. The van der Waals surface area contributed by atoms with Crippen molar-refractivity contribution in [3.8, 4) is 0 Å². The number of piperidine rings is 3. The summed E-state index contributed by atoms with van der Waals surface area (Å²) < 4.78 is 5.04. The molecule has 4 saturated heterocycles. The number of carbonyl (C=O) groups is 1. The zero-order valence-electron chi connectivity index (χ0n) is 9.19. The molecule has 4 heterocycles. The van der Waals surface area contributed by atoms with Gasteiger partial charge in [0.2, 0.25) is 0 Å². The van der Waals surface area contributed by atoms with Crippen molar-refractivity contribution >= 4 is 5.97 Å². The van der Waals surface area contributed by atoms with Gasteiger partial charge in [0.15, 0.2) is 0 Å². The molecular formula is C11H17NO4. The quantitative estimate of drug-likeness (QED) is 0.668. The lowest BCUT2D eigenvalue weighted by atomic mass is 9.57. The van der Waals surface area contributed by atoms with E-state index < -0.39 is 17.0 Å². The molecule has 0 radical (unpaired) electrons. The van der Waals surface area contributed by atoms with Gasteiger partial charge in [0.1, 0.15) is 11.0 Å². The fourth-order valence-electron chi connectivity index (χ4n) is 3.59. The third-order valence-corrected chi connectivity index (χ3v) is 4.65. The molecule has 5 nitrogen and oxygen atoms in total. The molecule has 4 fully saturated rings. The van der Waals surface area contributed by atoms with E-state index in [4.69, 9.17) is 4.74 Å². The van der Waals surface area contributed by atoms with Crippen LogP contribution in [0.25, 0.3) is 0 Å². The lowest BCUT2D eigenvalue weighted by molar-refractivity contribution is -0.273. The number of rotatable bonds is 2. The van der Waals surface area contributed by atoms with Crippen LogP contribution < -0.4 is 0 Å². The minimum absolute atomic E-state index is 0.101. The van der Waals surface area contributed by atoms with Crippen LogP contribution in [0.2, 0.25) is 0 Å². The summed E-state index contributed by atoms with van der Waals surface area (Å²) in [5, 5.41) is 20.0. The molecule has 0 aromatic carbocycles. The van der Waals surface area contributed by atoms with E-state index in [-0.39, 0.29) is 19.1 Å². The van der Waals surface area contributed by atoms with Crippen molar-refractivity contribution < 1.29 is 19.7 Å².